The van der Waals surface area contributed by atoms with Crippen LogP contribution in [0.3, 0.4) is 0 Å². The van der Waals surface area contributed by atoms with E-state index in [-0.39, 0.29) is 6.47 Å². The van der Waals surface area contributed by atoms with Crippen molar-refractivity contribution in [3.05, 3.63) is 0 Å². The van der Waals surface area contributed by atoms with E-state index in [9.17, 15) is 0 Å². The van der Waals surface area contributed by atoms with Gasteiger partial charge in [-0.25, -0.2) is 0 Å². The molecule has 0 spiro atoms. The van der Waals surface area contributed by atoms with Crippen LogP contribution in [0.25, 0.3) is 0 Å². The van der Waals surface area contributed by atoms with Gasteiger partial charge in [0.15, 0.2) is 0 Å². The fourth-order valence-corrected chi connectivity index (χ4v) is 0. The Hall–Kier alpha value is -0.180. The van der Waals surface area contributed by atoms with E-state index in [4.69, 9.17) is 9.90 Å². The number of hydrogen-bond donors (Lipinski definition) is 1. The lowest BCUT2D eigenvalue weighted by molar-refractivity contribution is -0.122. The highest BCUT2D eigenvalue weighted by Gasteiger charge is 1.77. The first-order valence-corrected chi connectivity index (χ1v) is 4.17. The molecule has 0 atom stereocenters. The molecule has 7 heavy (non-hydrogen) atoms. The average molecular weight is 123 g/mol. The van der Waals surface area contributed by atoms with E-state index in [2.05, 4.69) is 18.8 Å². The Balaban J connectivity index is 0. The number of carbonyl (C=O) groups is 1. The van der Waals surface area contributed by atoms with E-state index in [1.54, 1.807) is 0 Å². The Bertz CT molecular complexity index is 33.9. The highest BCUT2D eigenvalue weighted by atomic mass is 32.2. The summed E-state index contributed by atoms with van der Waals surface area (Å²) in [4.78, 5) is 8.36. The predicted molar refractivity (Wildman–Crippen MR) is 33.8 cm³/mol. The Morgan fingerprint density at radius 2 is 1.43 bits per heavy atom. The summed E-state index contributed by atoms with van der Waals surface area (Å²) in [6.45, 7) is -0.250. The summed E-state index contributed by atoms with van der Waals surface area (Å²) in [5.74, 6) is 0. The number of rotatable bonds is 0. The van der Waals surface area contributed by atoms with Crippen LogP contribution in [0, 0.1) is 0 Å². The maximum atomic E-state index is 8.36. The third-order valence-corrected chi connectivity index (χ3v) is 0. The normalized spacial score (nSPS) is 6.86. The molecule has 1 N–H and O–H groups in total. The summed E-state index contributed by atoms with van der Waals surface area (Å²) in [6, 6.07) is 0. The van der Waals surface area contributed by atoms with Crippen molar-refractivity contribution < 1.29 is 9.90 Å². The van der Waals surface area contributed by atoms with Gasteiger partial charge in [-0.2, -0.15) is 0 Å². The highest BCUT2D eigenvalue weighted by molar-refractivity contribution is 7.94. The summed E-state index contributed by atoms with van der Waals surface area (Å²) in [7, 11) is 0.639. The zero-order chi connectivity index (χ0) is 6.28. The lowest BCUT2D eigenvalue weighted by atomic mass is 11.7. The molecule has 2 nitrogen and oxygen atoms in total. The summed E-state index contributed by atoms with van der Waals surface area (Å²) >= 11 is 0. The van der Waals surface area contributed by atoms with Gasteiger partial charge >= 0.3 is 0 Å². The molecule has 0 rings (SSSR count). The molecule has 0 aliphatic heterocycles. The van der Waals surface area contributed by atoms with Gasteiger partial charge in [0, 0.05) is 0 Å². The SMILES string of the molecule is C[S+](C)C.O=CO. The summed E-state index contributed by atoms with van der Waals surface area (Å²) in [6.07, 6.45) is 6.58. The second-order valence-corrected chi connectivity index (χ2v) is 3.78. The molecule has 3 heteroatoms. The number of carboxylic acid groups (broad SMARTS) is 1. The zero-order valence-corrected chi connectivity index (χ0v) is 5.66. The first-order chi connectivity index (χ1) is 3.15. The second-order valence-electron chi connectivity index (χ2n) is 1.33. The first kappa shape index (κ1) is 9.94. The van der Waals surface area contributed by atoms with Gasteiger partial charge < -0.3 is 5.11 Å². The van der Waals surface area contributed by atoms with Crippen LogP contribution >= 0.6 is 0 Å². The molecule has 0 saturated carbocycles. The van der Waals surface area contributed by atoms with Crippen LogP contribution in [0.1, 0.15) is 0 Å². The van der Waals surface area contributed by atoms with Crippen molar-refractivity contribution in [2.45, 2.75) is 0 Å². The summed E-state index contributed by atoms with van der Waals surface area (Å²) in [5.41, 5.74) is 0. The van der Waals surface area contributed by atoms with Crippen LogP contribution < -0.4 is 0 Å². The van der Waals surface area contributed by atoms with Gasteiger partial charge in [0.05, 0.1) is 18.8 Å². The van der Waals surface area contributed by atoms with Crippen LogP contribution in [-0.4, -0.2) is 30.3 Å². The topological polar surface area (TPSA) is 37.3 Å². The molecule has 0 saturated heterocycles. The molecule has 0 amide bonds. The van der Waals surface area contributed by atoms with Gasteiger partial charge in [-0.1, -0.05) is 0 Å². The third kappa shape index (κ3) is 2620. The van der Waals surface area contributed by atoms with E-state index in [1.807, 2.05) is 0 Å². The van der Waals surface area contributed by atoms with Gasteiger partial charge in [0.1, 0.15) is 0 Å². The smallest absolute Gasteiger partial charge is 0.290 e. The van der Waals surface area contributed by atoms with Gasteiger partial charge in [-0.15, -0.1) is 0 Å². The molecular formula is C4H11O2S+. The van der Waals surface area contributed by atoms with Crippen molar-refractivity contribution in [2.75, 3.05) is 18.8 Å². The van der Waals surface area contributed by atoms with Crippen molar-refractivity contribution in [1.82, 2.24) is 0 Å². The molecule has 0 aromatic carbocycles. The molecule has 0 fully saturated rings. The summed E-state index contributed by atoms with van der Waals surface area (Å²) in [5, 5.41) is 6.89. The average Bonchev–Trinajstić information content (AvgIpc) is 1.33. The Labute approximate surface area is 46.9 Å². The fraction of sp³-hybridized carbons (Fsp3) is 0.750. The Kier molecular flexibility index (Phi) is 13.2. The molecule has 0 radical (unpaired) electrons. The molecule has 0 aliphatic carbocycles. The maximum Gasteiger partial charge on any atom is 0.290 e. The van der Waals surface area contributed by atoms with Crippen LogP contribution in [0.15, 0.2) is 0 Å². The van der Waals surface area contributed by atoms with Crippen LogP contribution in [0.5, 0.6) is 0 Å². The Morgan fingerprint density at radius 1 is 1.43 bits per heavy atom. The van der Waals surface area contributed by atoms with Crippen LogP contribution in [0.4, 0.5) is 0 Å². The molecule has 44 valence electrons. The minimum atomic E-state index is -0.250. The second kappa shape index (κ2) is 9.27. The lowest BCUT2D eigenvalue weighted by Gasteiger charge is -1.69. The van der Waals surface area contributed by atoms with E-state index >= 15 is 0 Å². The van der Waals surface area contributed by atoms with Crippen molar-refractivity contribution in [1.29, 1.82) is 0 Å². The summed E-state index contributed by atoms with van der Waals surface area (Å²) < 4.78 is 0. The molecular weight excluding hydrogens is 112 g/mol. The minimum Gasteiger partial charge on any atom is -0.483 e. The van der Waals surface area contributed by atoms with Crippen LogP contribution in [0.2, 0.25) is 0 Å². The Morgan fingerprint density at radius 3 is 1.43 bits per heavy atom. The predicted octanol–water partition coefficient (Wildman–Crippen LogP) is 0.195. The molecule has 0 bridgehead atoms. The van der Waals surface area contributed by atoms with E-state index in [1.165, 1.54) is 0 Å². The van der Waals surface area contributed by atoms with Crippen molar-refractivity contribution in [3.8, 4) is 0 Å². The molecule has 0 aliphatic rings. The van der Waals surface area contributed by atoms with Gasteiger partial charge in [0.2, 0.25) is 0 Å². The van der Waals surface area contributed by atoms with Gasteiger partial charge in [-0.05, 0) is 10.9 Å². The quantitative estimate of drug-likeness (QED) is 0.369. The van der Waals surface area contributed by atoms with E-state index in [0.29, 0.717) is 10.9 Å². The molecule has 0 unspecified atom stereocenters. The van der Waals surface area contributed by atoms with Crippen molar-refractivity contribution in [3.63, 3.8) is 0 Å². The zero-order valence-electron chi connectivity index (χ0n) is 4.84. The maximum absolute atomic E-state index is 8.36. The standard InChI is InChI=1S/C3H9S.CH2O2/c1-4(2)3;2-1-3/h1-3H3;1H,(H,2,3)/q+1;. The highest BCUT2D eigenvalue weighted by Crippen LogP contribution is 1.63. The number of hydrogen-bond acceptors (Lipinski definition) is 1. The molecule has 0 aromatic rings. The minimum absolute atomic E-state index is 0.250. The largest absolute Gasteiger partial charge is 0.483 e. The molecule has 0 aromatic heterocycles. The van der Waals surface area contributed by atoms with Gasteiger partial charge in [0.25, 0.3) is 6.47 Å². The van der Waals surface area contributed by atoms with E-state index in [0.717, 1.165) is 0 Å². The monoisotopic (exact) mass is 123 g/mol. The third-order valence-electron chi connectivity index (χ3n) is 0. The van der Waals surface area contributed by atoms with Crippen molar-refractivity contribution >= 4 is 17.4 Å². The van der Waals surface area contributed by atoms with E-state index < -0.39 is 0 Å². The first-order valence-electron chi connectivity index (χ1n) is 1.72. The fourth-order valence-electron chi connectivity index (χ4n) is 0. The lowest BCUT2D eigenvalue weighted by Crippen LogP contribution is -1.84. The van der Waals surface area contributed by atoms with Crippen molar-refractivity contribution in [2.24, 2.45) is 0 Å². The molecule has 0 heterocycles. The van der Waals surface area contributed by atoms with Gasteiger partial charge in [-0.3, -0.25) is 4.79 Å². The van der Waals surface area contributed by atoms with Crippen LogP contribution in [-0.2, 0) is 15.7 Å².